The first-order chi connectivity index (χ1) is 8.78. The smallest absolute Gasteiger partial charge is 0.279 e. The Kier molecular flexibility index (Phi) is 4.52. The Balaban J connectivity index is 2.02. The van der Waals surface area contributed by atoms with Crippen LogP contribution in [-0.2, 0) is 14.9 Å². The quantitative estimate of drug-likeness (QED) is 0.787. The van der Waals surface area contributed by atoms with Gasteiger partial charge in [0.15, 0.2) is 0 Å². The van der Waals surface area contributed by atoms with Crippen molar-refractivity contribution in [1.82, 2.24) is 13.9 Å². The molecule has 0 saturated carbocycles. The summed E-state index contributed by atoms with van der Waals surface area (Å²) in [4.78, 5) is 2.16. The molecule has 2 saturated heterocycles. The molecule has 0 amide bonds. The Bertz CT molecular complexity index is 404. The second-order valence-electron chi connectivity index (χ2n) is 6.00. The fraction of sp³-hybridized carbons (Fsp3) is 1.00. The van der Waals surface area contributed by atoms with E-state index in [1.165, 1.54) is 4.31 Å². The van der Waals surface area contributed by atoms with E-state index in [0.29, 0.717) is 19.0 Å². The summed E-state index contributed by atoms with van der Waals surface area (Å²) in [6.45, 7) is 8.46. The van der Waals surface area contributed by atoms with Crippen LogP contribution >= 0.6 is 0 Å². The van der Waals surface area contributed by atoms with Crippen molar-refractivity contribution >= 4 is 10.2 Å². The fourth-order valence-electron chi connectivity index (χ4n) is 2.96. The minimum atomic E-state index is -3.41. The lowest BCUT2D eigenvalue weighted by Crippen LogP contribution is -2.54. The summed E-state index contributed by atoms with van der Waals surface area (Å²) in [7, 11) is -1.39. The molecule has 112 valence electrons. The molecular weight excluding hydrogens is 266 g/mol. The average Bonchev–Trinajstić information content (AvgIpc) is 2.55. The van der Waals surface area contributed by atoms with Crippen molar-refractivity contribution in [3.8, 4) is 0 Å². The predicted molar refractivity (Wildman–Crippen MR) is 74.1 cm³/mol. The number of hydrogen-bond acceptors (Lipinski definition) is 4. The molecule has 4 unspecified atom stereocenters. The number of hydrogen-bond donors (Lipinski definition) is 1. The van der Waals surface area contributed by atoms with Gasteiger partial charge in [0.25, 0.3) is 10.2 Å². The Morgan fingerprint density at radius 2 is 1.63 bits per heavy atom. The lowest BCUT2D eigenvalue weighted by Gasteiger charge is -2.35. The van der Waals surface area contributed by atoms with Gasteiger partial charge in [-0.25, -0.2) is 0 Å². The highest BCUT2D eigenvalue weighted by Crippen LogP contribution is 2.18. The zero-order chi connectivity index (χ0) is 14.2. The van der Waals surface area contributed by atoms with Crippen LogP contribution in [0.3, 0.4) is 0 Å². The highest BCUT2D eigenvalue weighted by Gasteiger charge is 2.36. The van der Waals surface area contributed by atoms with Gasteiger partial charge in [-0.05, 0) is 26.8 Å². The van der Waals surface area contributed by atoms with E-state index < -0.39 is 10.2 Å². The van der Waals surface area contributed by atoms with Gasteiger partial charge in [-0.2, -0.15) is 17.4 Å². The van der Waals surface area contributed by atoms with Crippen LogP contribution in [0.4, 0.5) is 0 Å². The predicted octanol–water partition coefficient (Wildman–Crippen LogP) is -0.120. The molecule has 4 atom stereocenters. The third kappa shape index (κ3) is 3.66. The summed E-state index contributed by atoms with van der Waals surface area (Å²) in [5.74, 6) is 0.343. The summed E-state index contributed by atoms with van der Waals surface area (Å²) in [6.07, 6.45) is -0.104. The molecule has 2 fully saturated rings. The number of morpholine rings is 1. The van der Waals surface area contributed by atoms with Crippen LogP contribution in [-0.4, -0.2) is 69.1 Å². The maximum absolute atomic E-state index is 12.4. The van der Waals surface area contributed by atoms with E-state index in [2.05, 4.69) is 16.5 Å². The molecular formula is C12H25N3O3S. The average molecular weight is 291 g/mol. The van der Waals surface area contributed by atoms with Crippen LogP contribution < -0.4 is 4.72 Å². The van der Waals surface area contributed by atoms with Crippen LogP contribution in [0.25, 0.3) is 0 Å². The monoisotopic (exact) mass is 291 g/mol. The summed E-state index contributed by atoms with van der Waals surface area (Å²) >= 11 is 0. The zero-order valence-corrected chi connectivity index (χ0v) is 13.0. The third-order valence-electron chi connectivity index (χ3n) is 3.82. The number of rotatable bonds is 3. The van der Waals surface area contributed by atoms with E-state index in [-0.39, 0.29) is 18.2 Å². The molecule has 7 heteroatoms. The topological polar surface area (TPSA) is 61.9 Å². The zero-order valence-electron chi connectivity index (χ0n) is 12.2. The van der Waals surface area contributed by atoms with Gasteiger partial charge in [-0.15, -0.1) is 0 Å². The van der Waals surface area contributed by atoms with E-state index in [4.69, 9.17) is 4.74 Å². The second kappa shape index (κ2) is 5.65. The van der Waals surface area contributed by atoms with Crippen molar-refractivity contribution in [2.24, 2.45) is 5.92 Å². The molecule has 2 aliphatic heterocycles. The molecule has 0 radical (unpaired) electrons. The Hall–Kier alpha value is -0.210. The van der Waals surface area contributed by atoms with Crippen molar-refractivity contribution in [2.45, 2.75) is 39.0 Å². The molecule has 0 aromatic rings. The van der Waals surface area contributed by atoms with Crippen LogP contribution in [0.1, 0.15) is 20.8 Å². The first-order valence-electron chi connectivity index (χ1n) is 6.89. The van der Waals surface area contributed by atoms with Crippen molar-refractivity contribution in [3.63, 3.8) is 0 Å². The van der Waals surface area contributed by atoms with Crippen LogP contribution in [0, 0.1) is 5.92 Å². The normalized spacial score (nSPS) is 38.7. The van der Waals surface area contributed by atoms with Gasteiger partial charge in [0.2, 0.25) is 0 Å². The summed E-state index contributed by atoms with van der Waals surface area (Å²) in [5.41, 5.74) is 0. The highest BCUT2D eigenvalue weighted by molar-refractivity contribution is 7.87. The minimum Gasteiger partial charge on any atom is -0.373 e. The minimum absolute atomic E-state index is 0.00320. The summed E-state index contributed by atoms with van der Waals surface area (Å²) in [6, 6.07) is 0.00320. The molecule has 0 bridgehead atoms. The summed E-state index contributed by atoms with van der Waals surface area (Å²) < 4.78 is 34.8. The van der Waals surface area contributed by atoms with Gasteiger partial charge >= 0.3 is 0 Å². The standard InChI is InChI=1S/C12H25N3O3S/c1-9-5-14(4)8-12(9)13-19(16,17)15-6-10(2)18-11(3)7-15/h9-13H,5-8H2,1-4H3. The SMILES string of the molecule is CC1CN(S(=O)(=O)NC2CN(C)CC2C)CC(C)O1. The van der Waals surface area contributed by atoms with E-state index in [0.717, 1.165) is 13.1 Å². The largest absolute Gasteiger partial charge is 0.373 e. The summed E-state index contributed by atoms with van der Waals surface area (Å²) in [5, 5.41) is 0. The number of nitrogens with one attached hydrogen (secondary N) is 1. The number of ether oxygens (including phenoxy) is 1. The van der Waals surface area contributed by atoms with Crippen LogP contribution in [0.15, 0.2) is 0 Å². The molecule has 2 aliphatic rings. The van der Waals surface area contributed by atoms with Crippen molar-refractivity contribution in [2.75, 3.05) is 33.2 Å². The molecule has 0 aromatic carbocycles. The molecule has 19 heavy (non-hydrogen) atoms. The maximum Gasteiger partial charge on any atom is 0.279 e. The maximum atomic E-state index is 12.4. The molecule has 1 N–H and O–H groups in total. The van der Waals surface area contributed by atoms with E-state index in [9.17, 15) is 8.42 Å². The van der Waals surface area contributed by atoms with E-state index >= 15 is 0 Å². The molecule has 0 aliphatic carbocycles. The number of likely N-dealkylation sites (N-methyl/N-ethyl adjacent to an activating group) is 1. The molecule has 0 aromatic heterocycles. The highest BCUT2D eigenvalue weighted by atomic mass is 32.2. The Morgan fingerprint density at radius 1 is 1.05 bits per heavy atom. The van der Waals surface area contributed by atoms with Crippen molar-refractivity contribution < 1.29 is 13.2 Å². The lowest BCUT2D eigenvalue weighted by molar-refractivity contribution is -0.0444. The lowest BCUT2D eigenvalue weighted by atomic mass is 10.1. The van der Waals surface area contributed by atoms with Gasteiger partial charge in [0.05, 0.1) is 12.2 Å². The molecule has 0 spiro atoms. The second-order valence-corrected chi connectivity index (χ2v) is 7.70. The van der Waals surface area contributed by atoms with E-state index in [1.54, 1.807) is 0 Å². The molecule has 2 heterocycles. The van der Waals surface area contributed by atoms with Gasteiger partial charge in [-0.3, -0.25) is 0 Å². The first-order valence-corrected chi connectivity index (χ1v) is 8.33. The Labute approximate surface area is 116 Å². The van der Waals surface area contributed by atoms with Crippen molar-refractivity contribution in [3.05, 3.63) is 0 Å². The van der Waals surface area contributed by atoms with Gasteiger partial charge in [0, 0.05) is 32.2 Å². The third-order valence-corrected chi connectivity index (χ3v) is 5.40. The fourth-order valence-corrected chi connectivity index (χ4v) is 4.61. The van der Waals surface area contributed by atoms with E-state index in [1.807, 2.05) is 20.9 Å². The van der Waals surface area contributed by atoms with Gasteiger partial charge in [0.1, 0.15) is 0 Å². The van der Waals surface area contributed by atoms with Gasteiger partial charge in [-0.1, -0.05) is 6.92 Å². The molecule has 2 rings (SSSR count). The molecule has 6 nitrogen and oxygen atoms in total. The van der Waals surface area contributed by atoms with Crippen molar-refractivity contribution in [1.29, 1.82) is 0 Å². The Morgan fingerprint density at radius 3 is 2.11 bits per heavy atom. The first kappa shape index (κ1) is 15.2. The van der Waals surface area contributed by atoms with Crippen LogP contribution in [0.5, 0.6) is 0 Å². The van der Waals surface area contributed by atoms with Crippen LogP contribution in [0.2, 0.25) is 0 Å². The van der Waals surface area contributed by atoms with Gasteiger partial charge < -0.3 is 9.64 Å². The number of likely N-dealkylation sites (tertiary alicyclic amines) is 1. The number of nitrogens with zero attached hydrogens (tertiary/aromatic N) is 2.